The fourth-order valence-electron chi connectivity index (χ4n) is 4.01. The predicted molar refractivity (Wildman–Crippen MR) is 120 cm³/mol. The van der Waals surface area contributed by atoms with Crippen LogP contribution >= 0.6 is 0 Å². The Morgan fingerprint density at radius 1 is 1.37 bits per heavy atom. The van der Waals surface area contributed by atoms with Gasteiger partial charge in [-0.25, -0.2) is 0 Å². The van der Waals surface area contributed by atoms with E-state index in [2.05, 4.69) is 27.9 Å². The number of nitrogens with zero attached hydrogens (tertiary/aromatic N) is 3. The number of aryl methyl sites for hydroxylation is 1. The summed E-state index contributed by atoms with van der Waals surface area (Å²) in [5.74, 6) is -0.0206. The van der Waals surface area contributed by atoms with Crippen LogP contribution in [0.25, 0.3) is 11.1 Å². The van der Waals surface area contributed by atoms with Gasteiger partial charge < -0.3 is 20.5 Å². The van der Waals surface area contributed by atoms with Crippen LogP contribution in [-0.4, -0.2) is 53.0 Å². The zero-order valence-electron chi connectivity index (χ0n) is 17.8. The van der Waals surface area contributed by atoms with Crippen molar-refractivity contribution in [2.75, 3.05) is 31.1 Å². The van der Waals surface area contributed by atoms with Gasteiger partial charge in [0.25, 0.3) is 5.56 Å². The Bertz CT molecular complexity index is 953. The highest BCUT2D eigenvalue weighted by Crippen LogP contribution is 2.25. The van der Waals surface area contributed by atoms with Gasteiger partial charge >= 0.3 is 0 Å². The Kier molecular flexibility index (Phi) is 7.41. The second-order valence-corrected chi connectivity index (χ2v) is 7.50. The molecule has 1 saturated heterocycles. The zero-order valence-corrected chi connectivity index (χ0v) is 17.8. The first-order valence-corrected chi connectivity index (χ1v) is 10.7. The molecule has 1 fully saturated rings. The molecule has 1 aliphatic rings. The number of rotatable bonds is 7. The molecule has 2 aromatic heterocycles. The van der Waals surface area contributed by atoms with E-state index in [1.54, 1.807) is 24.5 Å². The Morgan fingerprint density at radius 2 is 2.20 bits per heavy atom. The van der Waals surface area contributed by atoms with Gasteiger partial charge in [0, 0.05) is 61.9 Å². The Labute approximate surface area is 177 Å². The third kappa shape index (κ3) is 4.97. The molecule has 1 unspecified atom stereocenters. The van der Waals surface area contributed by atoms with Crippen LogP contribution in [0.4, 0.5) is 5.69 Å². The third-order valence-electron chi connectivity index (χ3n) is 5.59. The van der Waals surface area contributed by atoms with Gasteiger partial charge in [0.2, 0.25) is 5.91 Å². The van der Waals surface area contributed by atoms with Gasteiger partial charge in [0.1, 0.15) is 5.69 Å². The first-order valence-electron chi connectivity index (χ1n) is 10.7. The number of nitrogens with one attached hydrogen (secondary N) is 1. The standard InChI is InChI=1S/C23H31N5O2/c1-3-19-13-17(9-11-25-19)18-14-21(23(30)26-15-18)28(4-2)20-7-6-12-27(16-20)22(29)8-5-10-24/h5,8-9,11,13-15,20H,3-4,6-7,10,12,16,24H2,1-2H3,(H,26,30)/b8-5+. The smallest absolute Gasteiger partial charge is 0.271 e. The van der Waals surface area contributed by atoms with Crippen LogP contribution in [-0.2, 0) is 11.2 Å². The normalized spacial score (nSPS) is 16.8. The zero-order chi connectivity index (χ0) is 21.5. The summed E-state index contributed by atoms with van der Waals surface area (Å²) in [4.78, 5) is 36.3. The lowest BCUT2D eigenvalue weighted by Gasteiger charge is -2.39. The molecule has 0 aliphatic carbocycles. The van der Waals surface area contributed by atoms with E-state index in [4.69, 9.17) is 5.73 Å². The van der Waals surface area contributed by atoms with E-state index in [0.29, 0.717) is 25.3 Å². The number of carbonyl (C=O) groups excluding carboxylic acids is 1. The molecule has 3 N–H and O–H groups in total. The molecule has 1 aliphatic heterocycles. The lowest BCUT2D eigenvalue weighted by Crippen LogP contribution is -2.50. The molecule has 3 heterocycles. The molecule has 2 aromatic rings. The first kappa shape index (κ1) is 21.8. The molecule has 1 atom stereocenters. The van der Waals surface area contributed by atoms with E-state index in [1.165, 1.54) is 0 Å². The van der Waals surface area contributed by atoms with Crippen LogP contribution in [0.3, 0.4) is 0 Å². The van der Waals surface area contributed by atoms with Crippen molar-refractivity contribution in [3.05, 3.63) is 58.8 Å². The maximum absolute atomic E-state index is 12.7. The summed E-state index contributed by atoms with van der Waals surface area (Å²) in [6.07, 6.45) is 9.48. The molecule has 7 nitrogen and oxygen atoms in total. The molecular formula is C23H31N5O2. The minimum atomic E-state index is -0.114. The first-order chi connectivity index (χ1) is 14.6. The monoisotopic (exact) mass is 409 g/mol. The molecule has 3 rings (SSSR count). The summed E-state index contributed by atoms with van der Waals surface area (Å²) < 4.78 is 0. The minimum absolute atomic E-state index is 0.0206. The number of likely N-dealkylation sites (tertiary alicyclic amines) is 1. The molecule has 0 spiro atoms. The number of anilines is 1. The van der Waals surface area contributed by atoms with Crippen LogP contribution < -0.4 is 16.2 Å². The SMILES string of the molecule is CCc1cc(-c2c[nH]c(=O)c(N(CC)C3CCCN(C(=O)/C=C/CN)C3)c2)ccn1. The molecule has 30 heavy (non-hydrogen) atoms. The van der Waals surface area contributed by atoms with E-state index < -0.39 is 0 Å². The number of aromatic nitrogens is 2. The van der Waals surface area contributed by atoms with Gasteiger partial charge in [-0.15, -0.1) is 0 Å². The van der Waals surface area contributed by atoms with Crippen molar-refractivity contribution >= 4 is 11.6 Å². The van der Waals surface area contributed by atoms with Crippen molar-refractivity contribution in [3.63, 3.8) is 0 Å². The van der Waals surface area contributed by atoms with Gasteiger partial charge in [-0.3, -0.25) is 14.6 Å². The predicted octanol–water partition coefficient (Wildman–Crippen LogP) is 2.33. The summed E-state index contributed by atoms with van der Waals surface area (Å²) >= 11 is 0. The van der Waals surface area contributed by atoms with Gasteiger partial charge in [0.15, 0.2) is 0 Å². The summed E-state index contributed by atoms with van der Waals surface area (Å²) in [5, 5.41) is 0. The summed E-state index contributed by atoms with van der Waals surface area (Å²) in [5.41, 5.74) is 8.99. The number of H-pyrrole nitrogens is 1. The largest absolute Gasteiger partial charge is 0.363 e. The van der Waals surface area contributed by atoms with E-state index in [-0.39, 0.29) is 17.5 Å². The molecule has 0 bridgehead atoms. The average molecular weight is 410 g/mol. The van der Waals surface area contributed by atoms with Crippen LogP contribution in [0.1, 0.15) is 32.4 Å². The van der Waals surface area contributed by atoms with Crippen LogP contribution in [0.2, 0.25) is 0 Å². The maximum Gasteiger partial charge on any atom is 0.271 e. The number of likely N-dealkylation sites (N-methyl/N-ethyl adjacent to an activating group) is 1. The van der Waals surface area contributed by atoms with Crippen molar-refractivity contribution in [1.29, 1.82) is 0 Å². The number of piperidine rings is 1. The molecule has 160 valence electrons. The van der Waals surface area contributed by atoms with E-state index in [9.17, 15) is 9.59 Å². The fraction of sp³-hybridized carbons (Fsp3) is 0.435. The summed E-state index contributed by atoms with van der Waals surface area (Å²) in [7, 11) is 0. The van der Waals surface area contributed by atoms with Crippen molar-refractivity contribution in [1.82, 2.24) is 14.9 Å². The second kappa shape index (κ2) is 10.2. The maximum atomic E-state index is 12.7. The Hall–Kier alpha value is -2.93. The highest BCUT2D eigenvalue weighted by atomic mass is 16.2. The highest BCUT2D eigenvalue weighted by molar-refractivity contribution is 5.87. The minimum Gasteiger partial charge on any atom is -0.363 e. The molecule has 0 saturated carbocycles. The Morgan fingerprint density at radius 3 is 2.93 bits per heavy atom. The lowest BCUT2D eigenvalue weighted by atomic mass is 10.0. The summed E-state index contributed by atoms with van der Waals surface area (Å²) in [6, 6.07) is 6.06. The number of pyridine rings is 2. The van der Waals surface area contributed by atoms with Gasteiger partial charge in [-0.05, 0) is 49.9 Å². The number of hydrogen-bond acceptors (Lipinski definition) is 5. The second-order valence-electron chi connectivity index (χ2n) is 7.50. The summed E-state index contributed by atoms with van der Waals surface area (Å²) in [6.45, 7) is 6.48. The van der Waals surface area contributed by atoms with Gasteiger partial charge in [-0.1, -0.05) is 13.0 Å². The molecular weight excluding hydrogens is 378 g/mol. The van der Waals surface area contributed by atoms with Crippen LogP contribution in [0, 0.1) is 0 Å². The van der Waals surface area contributed by atoms with E-state index in [0.717, 1.165) is 42.6 Å². The molecule has 7 heteroatoms. The topological polar surface area (TPSA) is 95.3 Å². The van der Waals surface area contributed by atoms with Gasteiger partial charge in [-0.2, -0.15) is 0 Å². The van der Waals surface area contributed by atoms with Crippen LogP contribution in [0.15, 0.2) is 47.5 Å². The van der Waals surface area contributed by atoms with Crippen LogP contribution in [0.5, 0.6) is 0 Å². The number of carbonyl (C=O) groups is 1. The van der Waals surface area contributed by atoms with Crippen molar-refractivity contribution in [3.8, 4) is 11.1 Å². The van der Waals surface area contributed by atoms with E-state index >= 15 is 0 Å². The molecule has 0 aromatic carbocycles. The van der Waals surface area contributed by atoms with Crippen molar-refractivity contribution < 1.29 is 4.79 Å². The molecule has 0 radical (unpaired) electrons. The number of nitrogens with two attached hydrogens (primary N) is 1. The average Bonchev–Trinajstić information content (AvgIpc) is 2.79. The number of amides is 1. The highest BCUT2D eigenvalue weighted by Gasteiger charge is 2.28. The number of hydrogen-bond donors (Lipinski definition) is 2. The number of aromatic amines is 1. The van der Waals surface area contributed by atoms with Crippen molar-refractivity contribution in [2.45, 2.75) is 39.2 Å². The quantitative estimate of drug-likeness (QED) is 0.685. The third-order valence-corrected chi connectivity index (χ3v) is 5.59. The van der Waals surface area contributed by atoms with E-state index in [1.807, 2.05) is 24.0 Å². The lowest BCUT2D eigenvalue weighted by molar-refractivity contribution is -0.127. The Balaban J connectivity index is 1.88. The van der Waals surface area contributed by atoms with Gasteiger partial charge in [0.05, 0.1) is 0 Å². The van der Waals surface area contributed by atoms with Crippen molar-refractivity contribution in [2.24, 2.45) is 5.73 Å². The molecule has 1 amide bonds. The fourth-order valence-corrected chi connectivity index (χ4v) is 4.01.